The van der Waals surface area contributed by atoms with E-state index in [1.807, 2.05) is 0 Å². The van der Waals surface area contributed by atoms with E-state index in [1.54, 1.807) is 43.4 Å². The first kappa shape index (κ1) is 20.8. The van der Waals surface area contributed by atoms with Crippen LogP contribution in [0, 0.1) is 0 Å². The zero-order chi connectivity index (χ0) is 20.5. The van der Waals surface area contributed by atoms with Crippen LogP contribution in [0.4, 0.5) is 5.69 Å². The Morgan fingerprint density at radius 2 is 1.75 bits per heavy atom. The van der Waals surface area contributed by atoms with Crippen LogP contribution in [-0.4, -0.2) is 45.7 Å². The van der Waals surface area contributed by atoms with Gasteiger partial charge >= 0.3 is 5.97 Å². The summed E-state index contributed by atoms with van der Waals surface area (Å²) < 4.78 is 15.1. The van der Waals surface area contributed by atoms with Gasteiger partial charge in [0.1, 0.15) is 0 Å². The van der Waals surface area contributed by atoms with Gasteiger partial charge in [0, 0.05) is 18.3 Å². The molecule has 0 unspecified atom stereocenters. The van der Waals surface area contributed by atoms with E-state index in [-0.39, 0.29) is 24.7 Å². The molecule has 8 nitrogen and oxygen atoms in total. The van der Waals surface area contributed by atoms with Gasteiger partial charge in [-0.15, -0.1) is 0 Å². The minimum Gasteiger partial charge on any atom is -0.493 e. The van der Waals surface area contributed by atoms with Gasteiger partial charge < -0.3 is 24.8 Å². The predicted octanol–water partition coefficient (Wildman–Crippen LogP) is 1.79. The van der Waals surface area contributed by atoms with Crippen molar-refractivity contribution in [3.8, 4) is 11.5 Å². The van der Waals surface area contributed by atoms with Crippen LogP contribution in [0.2, 0.25) is 0 Å². The van der Waals surface area contributed by atoms with Crippen molar-refractivity contribution in [2.75, 3.05) is 33.2 Å². The topological polar surface area (TPSA) is 103 Å². The van der Waals surface area contributed by atoms with Crippen molar-refractivity contribution in [1.29, 1.82) is 0 Å². The third-order valence-electron chi connectivity index (χ3n) is 3.89. The van der Waals surface area contributed by atoms with Crippen LogP contribution < -0.4 is 20.1 Å². The molecule has 2 N–H and O–H groups in total. The summed E-state index contributed by atoms with van der Waals surface area (Å²) in [7, 11) is 4.26. The molecule has 0 bridgehead atoms. The number of esters is 1. The molecule has 0 aromatic heterocycles. The number of nitrogens with one attached hydrogen (secondary N) is 2. The molecule has 28 heavy (non-hydrogen) atoms. The van der Waals surface area contributed by atoms with Gasteiger partial charge in [0.25, 0.3) is 5.91 Å². The molecule has 2 aromatic rings. The molecular weight excluding hydrogens is 364 g/mol. The van der Waals surface area contributed by atoms with Gasteiger partial charge in [0.2, 0.25) is 5.91 Å². The zero-order valence-corrected chi connectivity index (χ0v) is 15.9. The first-order valence-electron chi connectivity index (χ1n) is 8.46. The molecule has 2 aromatic carbocycles. The smallest absolute Gasteiger partial charge is 0.343 e. The number of para-hydroxylation sites is 1. The number of rotatable bonds is 8. The monoisotopic (exact) mass is 386 g/mol. The number of amides is 2. The van der Waals surface area contributed by atoms with Gasteiger partial charge in [-0.1, -0.05) is 18.2 Å². The molecule has 0 radical (unpaired) electrons. The number of hydrogen-bond acceptors (Lipinski definition) is 6. The van der Waals surface area contributed by atoms with Gasteiger partial charge in [0.15, 0.2) is 18.1 Å². The van der Waals surface area contributed by atoms with Crippen molar-refractivity contribution in [2.45, 2.75) is 6.42 Å². The summed E-state index contributed by atoms with van der Waals surface area (Å²) in [5, 5.41) is 5.34. The Morgan fingerprint density at radius 3 is 2.43 bits per heavy atom. The van der Waals surface area contributed by atoms with Crippen molar-refractivity contribution in [3.63, 3.8) is 0 Å². The van der Waals surface area contributed by atoms with Gasteiger partial charge in [-0.25, -0.2) is 4.79 Å². The summed E-state index contributed by atoms with van der Waals surface area (Å²) in [4.78, 5) is 35.6. The summed E-state index contributed by atoms with van der Waals surface area (Å²) in [5.74, 6) is -0.501. The van der Waals surface area contributed by atoms with Crippen molar-refractivity contribution < 1.29 is 28.6 Å². The van der Waals surface area contributed by atoms with E-state index in [4.69, 9.17) is 9.47 Å². The molecule has 0 aliphatic heterocycles. The number of likely N-dealkylation sites (N-methyl/N-ethyl adjacent to an activating group) is 1. The Kier molecular flexibility index (Phi) is 7.38. The number of methoxy groups -OCH3 is 2. The molecule has 0 aliphatic carbocycles. The highest BCUT2D eigenvalue weighted by molar-refractivity contribution is 6.05. The number of carbonyl (C=O) groups excluding carboxylic acids is 3. The minimum absolute atomic E-state index is 0.142. The molecule has 0 atom stereocenters. The fourth-order valence-electron chi connectivity index (χ4n) is 2.38. The predicted molar refractivity (Wildman–Crippen MR) is 103 cm³/mol. The summed E-state index contributed by atoms with van der Waals surface area (Å²) in [5.41, 5.74) is 1.52. The number of carbonyl (C=O) groups is 3. The lowest BCUT2D eigenvalue weighted by Gasteiger charge is -2.13. The molecule has 148 valence electrons. The van der Waals surface area contributed by atoms with Crippen molar-refractivity contribution in [1.82, 2.24) is 5.32 Å². The second-order valence-corrected chi connectivity index (χ2v) is 5.69. The summed E-state index contributed by atoms with van der Waals surface area (Å²) in [6, 6.07) is 11.6. The van der Waals surface area contributed by atoms with Crippen molar-refractivity contribution in [3.05, 3.63) is 53.6 Å². The minimum atomic E-state index is -0.556. The summed E-state index contributed by atoms with van der Waals surface area (Å²) >= 11 is 0. The van der Waals surface area contributed by atoms with Crippen LogP contribution in [0.15, 0.2) is 42.5 Å². The fourth-order valence-corrected chi connectivity index (χ4v) is 2.38. The highest BCUT2D eigenvalue weighted by atomic mass is 16.6. The van der Waals surface area contributed by atoms with E-state index in [1.165, 1.54) is 20.3 Å². The Hall–Kier alpha value is -3.55. The average Bonchev–Trinajstić information content (AvgIpc) is 2.72. The van der Waals surface area contributed by atoms with Crippen LogP contribution in [-0.2, 0) is 20.7 Å². The highest BCUT2D eigenvalue weighted by Gasteiger charge is 2.15. The normalized spacial score (nSPS) is 9.96. The number of benzene rings is 2. The molecule has 0 aliphatic rings. The van der Waals surface area contributed by atoms with E-state index in [2.05, 4.69) is 15.4 Å². The standard InChI is InChI=1S/C20H22N2O6/c1-21-18(23)11-13-6-4-5-7-15(13)22-20(25)14-8-9-16(26-2)17(10-14)28-12-19(24)27-3/h4-10H,11-12H2,1-3H3,(H,21,23)(H,22,25). The summed E-state index contributed by atoms with van der Waals surface area (Å²) in [6.45, 7) is -0.313. The van der Waals surface area contributed by atoms with Gasteiger partial charge in [-0.3, -0.25) is 9.59 Å². The van der Waals surface area contributed by atoms with Crippen molar-refractivity contribution in [2.24, 2.45) is 0 Å². The number of anilines is 1. The van der Waals surface area contributed by atoms with E-state index in [9.17, 15) is 14.4 Å². The molecule has 0 fully saturated rings. The zero-order valence-electron chi connectivity index (χ0n) is 15.9. The van der Waals surface area contributed by atoms with Crippen LogP contribution in [0.5, 0.6) is 11.5 Å². The maximum Gasteiger partial charge on any atom is 0.343 e. The van der Waals surface area contributed by atoms with E-state index >= 15 is 0 Å². The highest BCUT2D eigenvalue weighted by Crippen LogP contribution is 2.28. The SMILES string of the molecule is CNC(=O)Cc1ccccc1NC(=O)c1ccc(OC)c(OCC(=O)OC)c1. The van der Waals surface area contributed by atoms with Gasteiger partial charge in [-0.05, 0) is 29.8 Å². The summed E-state index contributed by atoms with van der Waals surface area (Å²) in [6.07, 6.45) is 0.142. The van der Waals surface area contributed by atoms with E-state index < -0.39 is 11.9 Å². The lowest BCUT2D eigenvalue weighted by atomic mass is 10.1. The molecule has 2 amide bonds. The molecule has 8 heteroatoms. The van der Waals surface area contributed by atoms with E-state index in [0.29, 0.717) is 22.6 Å². The average molecular weight is 386 g/mol. The number of ether oxygens (including phenoxy) is 3. The Morgan fingerprint density at radius 1 is 1.00 bits per heavy atom. The lowest BCUT2D eigenvalue weighted by Crippen LogP contribution is -2.21. The Labute approximate surface area is 162 Å². The second-order valence-electron chi connectivity index (χ2n) is 5.69. The first-order chi connectivity index (χ1) is 13.5. The third-order valence-corrected chi connectivity index (χ3v) is 3.89. The Bertz CT molecular complexity index is 866. The van der Waals surface area contributed by atoms with Crippen LogP contribution in [0.3, 0.4) is 0 Å². The molecule has 2 rings (SSSR count). The maximum absolute atomic E-state index is 12.7. The van der Waals surface area contributed by atoms with Gasteiger partial charge in [0.05, 0.1) is 20.6 Å². The molecule has 0 saturated carbocycles. The van der Waals surface area contributed by atoms with E-state index in [0.717, 1.165) is 0 Å². The lowest BCUT2D eigenvalue weighted by molar-refractivity contribution is -0.142. The fraction of sp³-hybridized carbons (Fsp3) is 0.250. The first-order valence-corrected chi connectivity index (χ1v) is 8.46. The van der Waals surface area contributed by atoms with Crippen LogP contribution in [0.1, 0.15) is 15.9 Å². The molecular formula is C20H22N2O6. The number of hydrogen-bond donors (Lipinski definition) is 2. The maximum atomic E-state index is 12.7. The molecule has 0 saturated heterocycles. The third kappa shape index (κ3) is 5.47. The van der Waals surface area contributed by atoms with Crippen LogP contribution >= 0.6 is 0 Å². The quantitative estimate of drug-likeness (QED) is 0.671. The molecule has 0 spiro atoms. The van der Waals surface area contributed by atoms with Crippen molar-refractivity contribution >= 4 is 23.5 Å². The second kappa shape index (κ2) is 9.96. The van der Waals surface area contributed by atoms with Gasteiger partial charge in [-0.2, -0.15) is 0 Å². The Balaban J connectivity index is 2.20. The van der Waals surface area contributed by atoms with Crippen LogP contribution in [0.25, 0.3) is 0 Å². The molecule has 0 heterocycles. The largest absolute Gasteiger partial charge is 0.493 e.